The maximum atomic E-state index is 3.70. The molecule has 2 nitrogen and oxygen atoms in total. The highest BCUT2D eigenvalue weighted by molar-refractivity contribution is 7.99. The summed E-state index contributed by atoms with van der Waals surface area (Å²) in [5.41, 5.74) is 0. The van der Waals surface area contributed by atoms with E-state index in [9.17, 15) is 0 Å². The lowest BCUT2D eigenvalue weighted by molar-refractivity contribution is 0.344. The molecule has 3 heteroatoms. The number of hydrogen-bond donors (Lipinski definition) is 2. The Morgan fingerprint density at radius 2 is 2.08 bits per heavy atom. The molecule has 2 heterocycles. The minimum Gasteiger partial charge on any atom is -0.317 e. The van der Waals surface area contributed by atoms with Crippen LogP contribution in [-0.4, -0.2) is 37.2 Å². The van der Waals surface area contributed by atoms with Crippen molar-refractivity contribution in [2.45, 2.75) is 25.3 Å². The minimum atomic E-state index is 0.819. The Bertz CT molecular complexity index is 140. The molecule has 0 bridgehead atoms. The Kier molecular flexibility index (Phi) is 3.94. The Labute approximate surface area is 85.2 Å². The third-order valence-corrected chi connectivity index (χ3v) is 4.25. The third-order valence-electron chi connectivity index (χ3n) is 3.08. The van der Waals surface area contributed by atoms with Crippen LogP contribution in [0.2, 0.25) is 0 Å². The number of nitrogens with one attached hydrogen (secondary N) is 2. The lowest BCUT2D eigenvalue weighted by Gasteiger charge is -2.24. The van der Waals surface area contributed by atoms with E-state index in [1.807, 2.05) is 0 Å². The Morgan fingerprint density at radius 1 is 1.23 bits per heavy atom. The van der Waals surface area contributed by atoms with Gasteiger partial charge in [0, 0.05) is 11.8 Å². The van der Waals surface area contributed by atoms with Crippen molar-refractivity contribution in [3.8, 4) is 0 Å². The molecule has 1 unspecified atom stereocenters. The molecule has 0 spiro atoms. The van der Waals surface area contributed by atoms with Crippen LogP contribution in [0, 0.1) is 5.92 Å². The zero-order valence-electron chi connectivity index (χ0n) is 8.22. The van der Waals surface area contributed by atoms with Crippen LogP contribution in [0.3, 0.4) is 0 Å². The molecule has 2 N–H and O–H groups in total. The molecule has 2 fully saturated rings. The maximum Gasteiger partial charge on any atom is 0.0166 e. The van der Waals surface area contributed by atoms with Gasteiger partial charge < -0.3 is 10.6 Å². The van der Waals surface area contributed by atoms with Crippen LogP contribution in [-0.2, 0) is 0 Å². The molecule has 0 aromatic heterocycles. The third kappa shape index (κ3) is 3.15. The van der Waals surface area contributed by atoms with Crippen LogP contribution in [0.15, 0.2) is 0 Å². The number of rotatable bonds is 3. The van der Waals surface area contributed by atoms with Gasteiger partial charge in [-0.2, -0.15) is 11.8 Å². The lowest BCUT2D eigenvalue weighted by Crippen LogP contribution is -2.37. The van der Waals surface area contributed by atoms with Gasteiger partial charge in [0.05, 0.1) is 0 Å². The zero-order chi connectivity index (χ0) is 8.93. The van der Waals surface area contributed by atoms with Crippen LogP contribution in [0.4, 0.5) is 0 Å². The molecular weight excluding hydrogens is 180 g/mol. The van der Waals surface area contributed by atoms with E-state index >= 15 is 0 Å². The molecule has 0 aromatic carbocycles. The van der Waals surface area contributed by atoms with Crippen LogP contribution >= 0.6 is 11.8 Å². The van der Waals surface area contributed by atoms with Crippen molar-refractivity contribution in [2.75, 3.05) is 31.1 Å². The summed E-state index contributed by atoms with van der Waals surface area (Å²) in [5, 5.41) is 7.11. The van der Waals surface area contributed by atoms with Gasteiger partial charge in [0.25, 0.3) is 0 Å². The first-order chi connectivity index (χ1) is 6.45. The summed E-state index contributed by atoms with van der Waals surface area (Å²) >= 11 is 2.09. The van der Waals surface area contributed by atoms with Gasteiger partial charge in [0.2, 0.25) is 0 Å². The topological polar surface area (TPSA) is 24.1 Å². The van der Waals surface area contributed by atoms with Crippen LogP contribution < -0.4 is 10.6 Å². The Morgan fingerprint density at radius 3 is 2.77 bits per heavy atom. The van der Waals surface area contributed by atoms with Crippen molar-refractivity contribution in [3.05, 3.63) is 0 Å². The molecule has 13 heavy (non-hydrogen) atoms. The summed E-state index contributed by atoms with van der Waals surface area (Å²) < 4.78 is 0. The normalized spacial score (nSPS) is 30.9. The number of hydrogen-bond acceptors (Lipinski definition) is 3. The van der Waals surface area contributed by atoms with E-state index in [2.05, 4.69) is 22.4 Å². The first-order valence-electron chi connectivity index (χ1n) is 5.47. The molecule has 0 amide bonds. The fourth-order valence-electron chi connectivity index (χ4n) is 2.11. The summed E-state index contributed by atoms with van der Waals surface area (Å²) in [6.07, 6.45) is 4.12. The molecule has 76 valence electrons. The summed E-state index contributed by atoms with van der Waals surface area (Å²) in [6, 6.07) is 0.819. The van der Waals surface area contributed by atoms with Gasteiger partial charge in [-0.1, -0.05) is 0 Å². The number of piperidine rings is 1. The number of thioether (sulfide) groups is 1. The van der Waals surface area contributed by atoms with Crippen molar-refractivity contribution in [3.63, 3.8) is 0 Å². The van der Waals surface area contributed by atoms with Crippen molar-refractivity contribution in [2.24, 2.45) is 5.92 Å². The van der Waals surface area contributed by atoms with E-state index in [1.165, 1.54) is 50.4 Å². The van der Waals surface area contributed by atoms with Gasteiger partial charge in [-0.25, -0.2) is 0 Å². The second-order valence-corrected chi connectivity index (χ2v) is 5.31. The summed E-state index contributed by atoms with van der Waals surface area (Å²) in [4.78, 5) is 0. The fraction of sp³-hybridized carbons (Fsp3) is 1.00. The van der Waals surface area contributed by atoms with E-state index in [-0.39, 0.29) is 0 Å². The highest BCUT2D eigenvalue weighted by Crippen LogP contribution is 2.18. The van der Waals surface area contributed by atoms with E-state index < -0.39 is 0 Å². The van der Waals surface area contributed by atoms with Crippen LogP contribution in [0.5, 0.6) is 0 Å². The average molecular weight is 200 g/mol. The molecule has 2 saturated heterocycles. The quantitative estimate of drug-likeness (QED) is 0.713. The molecule has 2 aliphatic rings. The summed E-state index contributed by atoms with van der Waals surface area (Å²) in [6.45, 7) is 3.71. The molecule has 1 atom stereocenters. The molecular formula is C10H20N2S. The predicted octanol–water partition coefficient (Wildman–Crippen LogP) is 1.08. The average Bonchev–Trinajstić information content (AvgIpc) is 2.69. The summed E-state index contributed by atoms with van der Waals surface area (Å²) in [5.74, 6) is 3.64. The molecule has 0 aromatic rings. The molecule has 2 aliphatic heterocycles. The van der Waals surface area contributed by atoms with Crippen molar-refractivity contribution < 1.29 is 0 Å². The Balaban J connectivity index is 1.60. The van der Waals surface area contributed by atoms with Gasteiger partial charge in [0.1, 0.15) is 0 Å². The summed E-state index contributed by atoms with van der Waals surface area (Å²) in [7, 11) is 0. The second-order valence-electron chi connectivity index (χ2n) is 4.16. The van der Waals surface area contributed by atoms with E-state index in [4.69, 9.17) is 0 Å². The molecule has 0 aliphatic carbocycles. The minimum absolute atomic E-state index is 0.819. The Hall–Kier alpha value is 0.270. The second kappa shape index (κ2) is 5.23. The van der Waals surface area contributed by atoms with E-state index in [1.54, 1.807) is 0 Å². The van der Waals surface area contributed by atoms with Crippen LogP contribution in [0.25, 0.3) is 0 Å². The highest BCUT2D eigenvalue weighted by atomic mass is 32.2. The van der Waals surface area contributed by atoms with E-state index in [0.29, 0.717) is 0 Å². The first kappa shape index (κ1) is 9.81. The predicted molar refractivity (Wildman–Crippen MR) is 59.3 cm³/mol. The first-order valence-corrected chi connectivity index (χ1v) is 6.62. The van der Waals surface area contributed by atoms with Gasteiger partial charge >= 0.3 is 0 Å². The van der Waals surface area contributed by atoms with Crippen molar-refractivity contribution >= 4 is 11.8 Å². The standard InChI is InChI=1S/C10H20N2S/c1-4-11-5-2-9(1)7-12-10-3-6-13-8-10/h9-12H,1-8H2. The van der Waals surface area contributed by atoms with Gasteiger partial charge in [-0.15, -0.1) is 0 Å². The molecule has 0 saturated carbocycles. The lowest BCUT2D eigenvalue weighted by atomic mass is 9.98. The zero-order valence-corrected chi connectivity index (χ0v) is 9.04. The molecule has 2 rings (SSSR count). The largest absolute Gasteiger partial charge is 0.317 e. The van der Waals surface area contributed by atoms with Gasteiger partial charge in [0.15, 0.2) is 0 Å². The van der Waals surface area contributed by atoms with E-state index in [0.717, 1.165) is 12.0 Å². The fourth-order valence-corrected chi connectivity index (χ4v) is 3.30. The smallest absolute Gasteiger partial charge is 0.0166 e. The molecule has 0 radical (unpaired) electrons. The van der Waals surface area contributed by atoms with Crippen molar-refractivity contribution in [1.29, 1.82) is 0 Å². The van der Waals surface area contributed by atoms with Gasteiger partial charge in [-0.05, 0) is 50.6 Å². The highest BCUT2D eigenvalue weighted by Gasteiger charge is 2.17. The van der Waals surface area contributed by atoms with Gasteiger partial charge in [-0.3, -0.25) is 0 Å². The van der Waals surface area contributed by atoms with Crippen molar-refractivity contribution in [1.82, 2.24) is 10.6 Å². The van der Waals surface area contributed by atoms with Crippen LogP contribution in [0.1, 0.15) is 19.3 Å². The SMILES string of the molecule is C1CC(CNC2CCSC2)CCN1. The monoisotopic (exact) mass is 200 g/mol. The maximum absolute atomic E-state index is 3.70.